The number of fused-ring (bicyclic) bond motifs is 1. The van der Waals surface area contributed by atoms with E-state index in [0.717, 1.165) is 74.9 Å². The lowest BCUT2D eigenvalue weighted by Crippen LogP contribution is -2.41. The van der Waals surface area contributed by atoms with E-state index in [4.69, 9.17) is 4.74 Å². The van der Waals surface area contributed by atoms with Crippen molar-refractivity contribution in [3.63, 3.8) is 0 Å². The molecular weight excluding hydrogens is 476 g/mol. The molecule has 0 spiro atoms. The van der Waals surface area contributed by atoms with E-state index in [-0.39, 0.29) is 17.7 Å². The van der Waals surface area contributed by atoms with Gasteiger partial charge >= 0.3 is 0 Å². The first-order valence-electron chi connectivity index (χ1n) is 14.0. The fraction of sp³-hybridized carbons (Fsp3) is 0.467. The molecule has 0 aliphatic carbocycles. The second-order valence-electron chi connectivity index (χ2n) is 10.8. The third kappa shape index (κ3) is 5.28. The van der Waals surface area contributed by atoms with Crippen molar-refractivity contribution in [2.75, 3.05) is 19.7 Å². The monoisotopic (exact) mass is 512 g/mol. The number of nitrogens with zero attached hydrogens (tertiary/aromatic N) is 5. The molecule has 198 valence electrons. The highest BCUT2D eigenvalue weighted by atomic mass is 16.5. The van der Waals surface area contributed by atoms with Crippen LogP contribution in [-0.4, -0.2) is 55.9 Å². The Labute approximate surface area is 223 Å². The summed E-state index contributed by atoms with van der Waals surface area (Å²) < 4.78 is 7.76. The molecule has 8 heteroatoms. The average Bonchev–Trinajstić information content (AvgIpc) is 3.63. The smallest absolute Gasteiger partial charge is 0.253 e. The Balaban J connectivity index is 1.33. The quantitative estimate of drug-likeness (QED) is 0.379. The van der Waals surface area contributed by atoms with Crippen molar-refractivity contribution in [1.82, 2.24) is 30.1 Å². The zero-order valence-electron chi connectivity index (χ0n) is 22.1. The number of H-pyrrole nitrogens is 1. The number of aryl methyl sites for hydroxylation is 1. The third-order valence-electron chi connectivity index (χ3n) is 8.23. The predicted octanol–water partition coefficient (Wildman–Crippen LogP) is 4.30. The maximum Gasteiger partial charge on any atom is 0.253 e. The second-order valence-corrected chi connectivity index (χ2v) is 10.8. The number of tetrazole rings is 1. The molecule has 6 rings (SSSR count). The average molecular weight is 513 g/mol. The van der Waals surface area contributed by atoms with Crippen molar-refractivity contribution < 1.29 is 4.74 Å². The normalized spacial score (nSPS) is 19.8. The molecule has 0 bridgehead atoms. The summed E-state index contributed by atoms with van der Waals surface area (Å²) in [7, 11) is 0. The van der Waals surface area contributed by atoms with Crippen molar-refractivity contribution in [2.24, 2.45) is 5.92 Å². The molecule has 8 nitrogen and oxygen atoms in total. The van der Waals surface area contributed by atoms with Crippen molar-refractivity contribution in [1.29, 1.82) is 0 Å². The fourth-order valence-electron chi connectivity index (χ4n) is 6.08. The summed E-state index contributed by atoms with van der Waals surface area (Å²) in [4.78, 5) is 19.1. The molecule has 2 fully saturated rings. The highest BCUT2D eigenvalue weighted by Crippen LogP contribution is 2.32. The second kappa shape index (κ2) is 11.2. The Morgan fingerprint density at radius 1 is 1.05 bits per heavy atom. The molecule has 2 saturated heterocycles. The molecule has 4 aromatic rings. The SMILES string of the molecule is CCc1ccc2[nH]c(=O)c([C@@H](c3nnnn3C[C@H]3CCCO3)N3CCC(Cc4ccccc4)CC3)cc2c1. The summed E-state index contributed by atoms with van der Waals surface area (Å²) >= 11 is 0. The van der Waals surface area contributed by atoms with Crippen molar-refractivity contribution in [2.45, 2.75) is 64.1 Å². The summed E-state index contributed by atoms with van der Waals surface area (Å²) in [6.07, 6.45) is 6.36. The number of aromatic amines is 1. The molecule has 2 aliphatic heterocycles. The summed E-state index contributed by atoms with van der Waals surface area (Å²) in [6.45, 7) is 5.32. The van der Waals surface area contributed by atoms with Gasteiger partial charge in [0.1, 0.15) is 6.04 Å². The highest BCUT2D eigenvalue weighted by molar-refractivity contribution is 5.80. The van der Waals surface area contributed by atoms with Crippen LogP contribution in [-0.2, 0) is 24.1 Å². The number of benzene rings is 2. The van der Waals surface area contributed by atoms with Gasteiger partial charge in [-0.15, -0.1) is 5.10 Å². The van der Waals surface area contributed by atoms with Crippen LogP contribution in [0.25, 0.3) is 10.9 Å². The van der Waals surface area contributed by atoms with E-state index in [1.807, 2.05) is 10.7 Å². The van der Waals surface area contributed by atoms with Gasteiger partial charge in [-0.2, -0.15) is 0 Å². The minimum absolute atomic E-state index is 0.0789. The van der Waals surface area contributed by atoms with E-state index in [1.165, 1.54) is 11.1 Å². The molecule has 2 atom stereocenters. The summed E-state index contributed by atoms with van der Waals surface area (Å²) in [5, 5.41) is 14.0. The number of rotatable bonds is 8. The third-order valence-corrected chi connectivity index (χ3v) is 8.23. The largest absolute Gasteiger partial charge is 0.376 e. The van der Waals surface area contributed by atoms with E-state index in [0.29, 0.717) is 18.0 Å². The van der Waals surface area contributed by atoms with Gasteiger partial charge in [0.15, 0.2) is 5.82 Å². The van der Waals surface area contributed by atoms with Gasteiger partial charge in [0.2, 0.25) is 0 Å². The maximum atomic E-state index is 13.5. The number of nitrogens with one attached hydrogen (secondary N) is 1. The predicted molar refractivity (Wildman–Crippen MR) is 147 cm³/mol. The maximum absolute atomic E-state index is 13.5. The number of pyridine rings is 1. The molecule has 0 unspecified atom stereocenters. The number of aromatic nitrogens is 5. The Kier molecular flexibility index (Phi) is 7.33. The van der Waals surface area contributed by atoms with Crippen LogP contribution in [0.2, 0.25) is 0 Å². The van der Waals surface area contributed by atoms with Crippen molar-refractivity contribution in [3.05, 3.63) is 87.5 Å². The molecule has 38 heavy (non-hydrogen) atoms. The zero-order valence-corrected chi connectivity index (χ0v) is 22.1. The Bertz CT molecular complexity index is 1420. The Hall–Kier alpha value is -3.36. The lowest BCUT2D eigenvalue weighted by atomic mass is 9.89. The number of piperidine rings is 1. The molecule has 2 aromatic carbocycles. The van der Waals surface area contributed by atoms with Gasteiger partial charge in [-0.1, -0.05) is 43.3 Å². The van der Waals surface area contributed by atoms with Crippen molar-refractivity contribution >= 4 is 10.9 Å². The topological polar surface area (TPSA) is 88.9 Å². The van der Waals surface area contributed by atoms with Gasteiger partial charge in [-0.3, -0.25) is 9.69 Å². The van der Waals surface area contributed by atoms with Gasteiger partial charge in [0.05, 0.1) is 12.6 Å². The minimum Gasteiger partial charge on any atom is -0.376 e. The van der Waals surface area contributed by atoms with Crippen LogP contribution in [0.15, 0.2) is 59.4 Å². The molecule has 4 heterocycles. The van der Waals surface area contributed by atoms with Crippen LogP contribution < -0.4 is 5.56 Å². The minimum atomic E-state index is -0.317. The fourth-order valence-corrected chi connectivity index (χ4v) is 6.08. The number of hydrogen-bond acceptors (Lipinski definition) is 6. The lowest BCUT2D eigenvalue weighted by Gasteiger charge is -2.37. The van der Waals surface area contributed by atoms with Gasteiger partial charge in [-0.25, -0.2) is 4.68 Å². The van der Waals surface area contributed by atoms with Crippen molar-refractivity contribution in [3.8, 4) is 0 Å². The number of hydrogen-bond donors (Lipinski definition) is 1. The van der Waals surface area contributed by atoms with Gasteiger partial charge in [0.25, 0.3) is 5.56 Å². The first kappa shape index (κ1) is 24.9. The van der Waals surface area contributed by atoms with Crippen LogP contribution in [0, 0.1) is 5.92 Å². The summed E-state index contributed by atoms with van der Waals surface area (Å²) in [5.41, 5.74) is 4.12. The molecular formula is C30H36N6O2. The van der Waals surface area contributed by atoms with Gasteiger partial charge in [-0.05, 0) is 103 Å². The van der Waals surface area contributed by atoms with E-state index < -0.39 is 0 Å². The first-order chi connectivity index (χ1) is 18.7. The van der Waals surface area contributed by atoms with Crippen LogP contribution in [0.1, 0.15) is 61.2 Å². The van der Waals surface area contributed by atoms with Gasteiger partial charge in [0, 0.05) is 17.7 Å². The molecule has 1 N–H and O–H groups in total. The van der Waals surface area contributed by atoms with E-state index in [1.54, 1.807) is 0 Å². The molecule has 0 saturated carbocycles. The molecule has 2 aliphatic rings. The zero-order chi connectivity index (χ0) is 25.9. The van der Waals surface area contributed by atoms with Crippen LogP contribution >= 0.6 is 0 Å². The van der Waals surface area contributed by atoms with E-state index in [2.05, 4.69) is 80.9 Å². The van der Waals surface area contributed by atoms with Gasteiger partial charge < -0.3 is 9.72 Å². The standard InChI is InChI=1S/C30H36N6O2/c1-2-21-10-11-27-24(18-21)19-26(30(37)31-27)28(29-32-33-34-36(29)20-25-9-6-16-38-25)35-14-12-23(13-15-35)17-22-7-4-3-5-8-22/h3-5,7-8,10-11,18-19,23,25,28H,2,6,9,12-17,20H2,1H3,(H,31,37)/t25-,28+/m1/s1. The summed E-state index contributed by atoms with van der Waals surface area (Å²) in [6, 6.07) is 18.7. The molecule has 0 amide bonds. The highest BCUT2D eigenvalue weighted by Gasteiger charge is 2.34. The van der Waals surface area contributed by atoms with E-state index in [9.17, 15) is 4.79 Å². The van der Waals surface area contributed by atoms with Crippen LogP contribution in [0.3, 0.4) is 0 Å². The number of ether oxygens (including phenoxy) is 1. The van der Waals surface area contributed by atoms with E-state index >= 15 is 0 Å². The van der Waals surface area contributed by atoms with Crippen LogP contribution in [0.5, 0.6) is 0 Å². The Morgan fingerprint density at radius 2 is 1.89 bits per heavy atom. The number of likely N-dealkylation sites (tertiary alicyclic amines) is 1. The first-order valence-corrected chi connectivity index (χ1v) is 14.0. The lowest BCUT2D eigenvalue weighted by molar-refractivity contribution is 0.0892. The van der Waals surface area contributed by atoms with Crippen LogP contribution in [0.4, 0.5) is 0 Å². The Morgan fingerprint density at radius 3 is 2.66 bits per heavy atom. The molecule has 0 radical (unpaired) electrons. The summed E-state index contributed by atoms with van der Waals surface area (Å²) in [5.74, 6) is 1.35. The molecule has 2 aromatic heterocycles.